The smallest absolute Gasteiger partial charge is 0.345 e. The molecule has 64 heavy (non-hydrogen) atoms. The molecule has 342 valence electrons. The van der Waals surface area contributed by atoms with Gasteiger partial charge in [0.2, 0.25) is 6.10 Å². The van der Waals surface area contributed by atoms with Crippen LogP contribution in [0.4, 0.5) is 0 Å². The normalized spacial score (nSPS) is 15.6. The molecule has 0 radical (unpaired) electrons. The quantitative estimate of drug-likeness (QED) is 0.0184. The highest BCUT2D eigenvalue weighted by Gasteiger charge is 2.36. The van der Waals surface area contributed by atoms with Gasteiger partial charge in [0, 0.05) is 35.2 Å². The summed E-state index contributed by atoms with van der Waals surface area (Å²) >= 11 is 0. The number of carbonyl (C=O) groups excluding carboxylic acids is 1. The molecule has 2 aliphatic rings. The molecule has 6 rings (SSSR count). The van der Waals surface area contributed by atoms with Crippen molar-refractivity contribution in [3.05, 3.63) is 87.5 Å². The van der Waals surface area contributed by atoms with Crippen LogP contribution < -0.4 is 10.6 Å². The van der Waals surface area contributed by atoms with Gasteiger partial charge >= 0.3 is 11.9 Å². The molecule has 3 atom stereocenters. The van der Waals surface area contributed by atoms with Gasteiger partial charge in [0.15, 0.2) is 40.2 Å². The Labute approximate surface area is 372 Å². The second-order valence-corrected chi connectivity index (χ2v) is 16.6. The maximum Gasteiger partial charge on any atom is 0.345 e. The van der Waals surface area contributed by atoms with Crippen LogP contribution in [0.15, 0.2) is 48.5 Å². The van der Waals surface area contributed by atoms with Crippen LogP contribution in [0.5, 0.6) is 46.0 Å². The molecule has 0 fully saturated rings. The van der Waals surface area contributed by atoms with Gasteiger partial charge in [-0.25, -0.2) is 9.59 Å². The van der Waals surface area contributed by atoms with E-state index in [2.05, 4.69) is 10.6 Å². The lowest BCUT2D eigenvalue weighted by atomic mass is 9.74. The third-order valence-electron chi connectivity index (χ3n) is 12.4. The molecule has 3 unspecified atom stereocenters. The molecule has 0 saturated heterocycles. The highest BCUT2D eigenvalue weighted by atomic mass is 16.6. The number of aromatic hydroxyl groups is 8. The van der Waals surface area contributed by atoms with Crippen molar-refractivity contribution in [2.24, 2.45) is 0 Å². The Morgan fingerprint density at radius 1 is 0.781 bits per heavy atom. The number of carboxylic acids is 1. The number of rotatable bonds is 19. The molecule has 0 spiro atoms. The van der Waals surface area contributed by atoms with Gasteiger partial charge in [-0.3, -0.25) is 0 Å². The fraction of sp³-hybridized carbons (Fsp3) is 0.400. The standard InChI is InChI=1S/C50H60N2O12/c1-4-7-8-12-27(23-43(58)64-49(50(62)63)37(26-52-6-3)30-21-39(54)47(60)40(55)22-30)34-24-42(57)48(61)44-28(13-11-18-51-5-2)19-29(20-36(34)44)35-25-41(56)46(59)33-16-9-14-31-32(45(33)35)15-10-17-38(31)53/h10,15,17,20-25,28,37,49,51-57,59-61H,4-9,11-14,16,18-19,26H2,1-3H3,(H,62,63). The summed E-state index contributed by atoms with van der Waals surface area (Å²) in [5.74, 6) is -7.28. The van der Waals surface area contributed by atoms with E-state index in [1.807, 2.05) is 26.0 Å². The Balaban J connectivity index is 1.54. The van der Waals surface area contributed by atoms with Crippen LogP contribution >= 0.6 is 0 Å². The predicted octanol–water partition coefficient (Wildman–Crippen LogP) is 8.26. The lowest BCUT2D eigenvalue weighted by Gasteiger charge is -2.31. The first-order valence-corrected chi connectivity index (χ1v) is 22.2. The van der Waals surface area contributed by atoms with Gasteiger partial charge in [0.05, 0.1) is 0 Å². The van der Waals surface area contributed by atoms with Crippen LogP contribution in [0.3, 0.4) is 0 Å². The fourth-order valence-electron chi connectivity index (χ4n) is 9.24. The van der Waals surface area contributed by atoms with Crippen LogP contribution in [0.2, 0.25) is 0 Å². The van der Waals surface area contributed by atoms with E-state index >= 15 is 0 Å². The van der Waals surface area contributed by atoms with Crippen molar-refractivity contribution >= 4 is 29.2 Å². The van der Waals surface area contributed by atoms with Crippen molar-refractivity contribution < 1.29 is 60.3 Å². The summed E-state index contributed by atoms with van der Waals surface area (Å²) in [6.45, 7) is 7.64. The van der Waals surface area contributed by atoms with Crippen molar-refractivity contribution in [2.75, 3.05) is 26.2 Å². The number of phenols is 8. The number of phenolic OH excluding ortho intramolecular Hbond substituents is 8. The zero-order valence-electron chi connectivity index (χ0n) is 36.6. The van der Waals surface area contributed by atoms with Crippen LogP contribution in [-0.4, -0.2) is 90.2 Å². The number of nitrogens with one attached hydrogen (secondary N) is 2. The molecule has 0 bridgehead atoms. The van der Waals surface area contributed by atoms with E-state index in [-0.39, 0.29) is 41.0 Å². The summed E-state index contributed by atoms with van der Waals surface area (Å²) < 4.78 is 5.73. The van der Waals surface area contributed by atoms with Gasteiger partial charge in [-0.05, 0) is 152 Å². The molecule has 14 nitrogen and oxygen atoms in total. The zero-order valence-corrected chi connectivity index (χ0v) is 36.6. The highest BCUT2D eigenvalue weighted by molar-refractivity contribution is 6.00. The third kappa shape index (κ3) is 10.0. The van der Waals surface area contributed by atoms with Crippen molar-refractivity contribution in [1.29, 1.82) is 0 Å². The molecule has 11 N–H and O–H groups in total. The van der Waals surface area contributed by atoms with E-state index in [1.54, 1.807) is 19.1 Å². The minimum Gasteiger partial charge on any atom is -0.508 e. The van der Waals surface area contributed by atoms with Crippen LogP contribution in [0.1, 0.15) is 123 Å². The summed E-state index contributed by atoms with van der Waals surface area (Å²) in [6, 6.07) is 10.4. The van der Waals surface area contributed by atoms with Crippen molar-refractivity contribution in [3.8, 4) is 57.1 Å². The Hall–Kier alpha value is -6.38. The summed E-state index contributed by atoms with van der Waals surface area (Å²) in [6.07, 6.45) is 7.00. The number of carbonyl (C=O) groups is 2. The van der Waals surface area contributed by atoms with Gasteiger partial charge in [-0.2, -0.15) is 0 Å². The Kier molecular flexibility index (Phi) is 15.4. The second kappa shape index (κ2) is 20.9. The molecule has 0 aromatic heterocycles. The first-order chi connectivity index (χ1) is 30.7. The molecule has 2 aliphatic carbocycles. The monoisotopic (exact) mass is 880 g/mol. The number of aliphatic carboxylic acids is 1. The number of hydrogen-bond acceptors (Lipinski definition) is 13. The molecule has 0 heterocycles. The molecule has 0 aliphatic heterocycles. The number of benzene rings is 4. The number of hydrogen-bond donors (Lipinski definition) is 11. The topological polar surface area (TPSA) is 249 Å². The maximum atomic E-state index is 14.1. The first kappa shape index (κ1) is 47.1. The summed E-state index contributed by atoms with van der Waals surface area (Å²) in [5, 5.41) is 104. The van der Waals surface area contributed by atoms with Crippen molar-refractivity contribution in [1.82, 2.24) is 10.6 Å². The number of likely N-dealkylation sites (N-methyl/N-ethyl adjacent to an activating group) is 1. The van der Waals surface area contributed by atoms with Gasteiger partial charge in [-0.1, -0.05) is 51.8 Å². The number of unbranched alkanes of at least 4 members (excludes halogenated alkanes) is 2. The Bertz CT molecular complexity index is 2420. The molecule has 4 aromatic rings. The number of esters is 1. The second-order valence-electron chi connectivity index (χ2n) is 16.6. The van der Waals surface area contributed by atoms with Gasteiger partial charge in [0.25, 0.3) is 0 Å². The van der Waals surface area contributed by atoms with Gasteiger partial charge < -0.3 is 61.3 Å². The van der Waals surface area contributed by atoms with E-state index in [9.17, 15) is 55.5 Å². The first-order valence-electron chi connectivity index (χ1n) is 22.2. The van der Waals surface area contributed by atoms with E-state index in [0.29, 0.717) is 103 Å². The summed E-state index contributed by atoms with van der Waals surface area (Å²) in [4.78, 5) is 27.0. The van der Waals surface area contributed by atoms with Crippen LogP contribution in [-0.2, 0) is 27.2 Å². The van der Waals surface area contributed by atoms with Crippen LogP contribution in [0, 0.1) is 0 Å². The molecule has 0 saturated carbocycles. The molecule has 4 aromatic carbocycles. The molecular formula is C50H60N2O12. The Morgan fingerprint density at radius 3 is 2.16 bits per heavy atom. The minimum absolute atomic E-state index is 0.0415. The lowest BCUT2D eigenvalue weighted by molar-refractivity contribution is -0.162. The maximum absolute atomic E-state index is 14.1. The summed E-state index contributed by atoms with van der Waals surface area (Å²) in [5.41, 5.74) is 5.93. The average molecular weight is 881 g/mol. The SMILES string of the molecule is CCCCCC(=CC(=O)OC(C(=O)O)C(CNCC)c1cc(O)c(O)c(O)c1)c1cc(O)c(O)c2c1C=C(c1cc(O)c(O)c3c1-c1cccc(O)c1CCC3)CC2CCCNCC. The minimum atomic E-state index is -1.82. The number of allylic oxidation sites excluding steroid dienone is 2. The summed E-state index contributed by atoms with van der Waals surface area (Å²) in [7, 11) is 0. The number of fused-ring (bicyclic) bond motifs is 4. The molecule has 14 heteroatoms. The van der Waals surface area contributed by atoms with Crippen molar-refractivity contribution in [3.63, 3.8) is 0 Å². The average Bonchev–Trinajstić information content (AvgIpc) is 3.47. The number of ether oxygens (including phenoxy) is 1. The largest absolute Gasteiger partial charge is 0.508 e. The van der Waals surface area contributed by atoms with Crippen molar-refractivity contribution in [2.45, 2.75) is 103 Å². The lowest BCUT2D eigenvalue weighted by Crippen LogP contribution is -2.38. The van der Waals surface area contributed by atoms with Gasteiger partial charge in [-0.15, -0.1) is 0 Å². The van der Waals surface area contributed by atoms with E-state index in [4.69, 9.17) is 4.74 Å². The molecule has 0 amide bonds. The third-order valence-corrected chi connectivity index (χ3v) is 12.4. The Morgan fingerprint density at radius 2 is 1.47 bits per heavy atom. The van der Waals surface area contributed by atoms with Crippen LogP contribution in [0.25, 0.3) is 28.3 Å². The van der Waals surface area contributed by atoms with E-state index < -0.39 is 47.0 Å². The zero-order chi connectivity index (χ0) is 46.2. The number of carboxylic acid groups (broad SMARTS) is 1. The van der Waals surface area contributed by atoms with Gasteiger partial charge in [0.1, 0.15) is 5.75 Å². The fourth-order valence-corrected chi connectivity index (χ4v) is 9.24. The highest BCUT2D eigenvalue weighted by Crippen LogP contribution is 2.54. The predicted molar refractivity (Wildman–Crippen MR) is 244 cm³/mol. The van der Waals surface area contributed by atoms with E-state index in [0.717, 1.165) is 48.2 Å². The van der Waals surface area contributed by atoms with E-state index in [1.165, 1.54) is 18.2 Å². The molecular weight excluding hydrogens is 821 g/mol.